The number of amides is 1. The molecule has 0 bridgehead atoms. The van der Waals surface area contributed by atoms with Crippen LogP contribution in [0.2, 0.25) is 0 Å². The molecule has 2 rings (SSSR count). The zero-order valence-corrected chi connectivity index (χ0v) is 9.82. The molecular weight excluding hydrogens is 222 g/mol. The molecule has 1 aromatic rings. The Morgan fingerprint density at radius 3 is 3.24 bits per heavy atom. The summed E-state index contributed by atoms with van der Waals surface area (Å²) in [6.45, 7) is 0.382. The minimum atomic E-state index is -0.684. The lowest BCUT2D eigenvalue weighted by molar-refractivity contribution is 0.0608. The Labute approximate surface area is 99.4 Å². The number of aromatic nitrogens is 2. The monoisotopic (exact) mass is 239 g/mol. The molecule has 3 N–H and O–H groups in total. The average molecular weight is 239 g/mol. The van der Waals surface area contributed by atoms with Crippen LogP contribution in [0.3, 0.4) is 0 Å². The first kappa shape index (κ1) is 12.1. The van der Waals surface area contributed by atoms with E-state index >= 15 is 0 Å². The van der Waals surface area contributed by atoms with Gasteiger partial charge in [-0.25, -0.2) is 0 Å². The van der Waals surface area contributed by atoms with Gasteiger partial charge in [0.1, 0.15) is 0 Å². The van der Waals surface area contributed by atoms with Crippen molar-refractivity contribution in [2.45, 2.75) is 25.4 Å². The molecule has 0 saturated carbocycles. The van der Waals surface area contributed by atoms with Crippen molar-refractivity contribution in [3.05, 3.63) is 17.0 Å². The molecule has 6 heteroatoms. The average Bonchev–Trinajstić information content (AvgIpc) is 2.87. The molecule has 1 heterocycles. The van der Waals surface area contributed by atoms with Crippen LogP contribution in [0.5, 0.6) is 0 Å². The van der Waals surface area contributed by atoms with Crippen LogP contribution in [0.25, 0.3) is 0 Å². The van der Waals surface area contributed by atoms with Crippen LogP contribution in [0, 0.1) is 0 Å². The van der Waals surface area contributed by atoms with E-state index in [4.69, 9.17) is 4.74 Å². The summed E-state index contributed by atoms with van der Waals surface area (Å²) in [4.78, 5) is 11.8. The Kier molecular flexibility index (Phi) is 3.75. The molecule has 6 nitrogen and oxygen atoms in total. The first-order valence-corrected chi connectivity index (χ1v) is 5.73. The third-order valence-electron chi connectivity index (χ3n) is 2.88. The van der Waals surface area contributed by atoms with Crippen molar-refractivity contribution in [2.75, 3.05) is 20.3 Å². The van der Waals surface area contributed by atoms with Crippen LogP contribution >= 0.6 is 0 Å². The van der Waals surface area contributed by atoms with Crippen molar-refractivity contribution in [1.82, 2.24) is 15.5 Å². The number of hydrogen-bond acceptors (Lipinski definition) is 4. The third-order valence-corrected chi connectivity index (χ3v) is 2.88. The number of H-pyrrole nitrogens is 1. The quantitative estimate of drug-likeness (QED) is 0.654. The fourth-order valence-electron chi connectivity index (χ4n) is 2.05. The molecule has 1 aromatic heterocycles. The predicted molar refractivity (Wildman–Crippen MR) is 60.8 cm³/mol. The van der Waals surface area contributed by atoms with Gasteiger partial charge in [0.25, 0.3) is 5.91 Å². The SMILES string of the molecule is COCC(O)CNC(=O)c1n[nH]c2c1CCC2. The number of hydrogen-bond donors (Lipinski definition) is 3. The largest absolute Gasteiger partial charge is 0.389 e. The number of carbonyl (C=O) groups is 1. The van der Waals surface area contributed by atoms with Crippen molar-refractivity contribution < 1.29 is 14.6 Å². The normalized spacial score (nSPS) is 15.6. The number of methoxy groups -OCH3 is 1. The van der Waals surface area contributed by atoms with Crippen molar-refractivity contribution in [3.63, 3.8) is 0 Å². The van der Waals surface area contributed by atoms with Crippen molar-refractivity contribution in [3.8, 4) is 0 Å². The molecule has 0 spiro atoms. The number of rotatable bonds is 5. The maximum Gasteiger partial charge on any atom is 0.272 e. The van der Waals surface area contributed by atoms with Crippen LogP contribution in [0.4, 0.5) is 0 Å². The highest BCUT2D eigenvalue weighted by Crippen LogP contribution is 2.22. The van der Waals surface area contributed by atoms with Gasteiger partial charge in [0.05, 0.1) is 12.7 Å². The first-order valence-electron chi connectivity index (χ1n) is 5.73. The molecule has 0 aliphatic heterocycles. The standard InChI is InChI=1S/C11H17N3O3/c1-17-6-7(15)5-12-11(16)10-8-3-2-4-9(8)13-14-10/h7,15H,2-6H2,1H3,(H,12,16)(H,13,14). The minimum Gasteiger partial charge on any atom is -0.389 e. The topological polar surface area (TPSA) is 87.2 Å². The number of nitrogens with one attached hydrogen (secondary N) is 2. The highest BCUT2D eigenvalue weighted by Gasteiger charge is 2.23. The van der Waals surface area contributed by atoms with Gasteiger partial charge in [-0.05, 0) is 19.3 Å². The Morgan fingerprint density at radius 2 is 2.47 bits per heavy atom. The maximum absolute atomic E-state index is 11.8. The smallest absolute Gasteiger partial charge is 0.272 e. The van der Waals surface area contributed by atoms with Gasteiger partial charge >= 0.3 is 0 Å². The van der Waals surface area contributed by atoms with E-state index in [0.717, 1.165) is 30.5 Å². The number of aliphatic hydroxyl groups excluding tert-OH is 1. The van der Waals surface area contributed by atoms with Crippen LogP contribution < -0.4 is 5.32 Å². The van der Waals surface area contributed by atoms with Crippen LogP contribution in [-0.4, -0.2) is 47.6 Å². The minimum absolute atomic E-state index is 0.175. The zero-order chi connectivity index (χ0) is 12.3. The summed E-state index contributed by atoms with van der Waals surface area (Å²) in [5.74, 6) is -0.237. The molecule has 94 valence electrons. The van der Waals surface area contributed by atoms with Crippen LogP contribution in [0.1, 0.15) is 28.2 Å². The summed E-state index contributed by atoms with van der Waals surface area (Å²) < 4.78 is 4.78. The summed E-state index contributed by atoms with van der Waals surface area (Å²) >= 11 is 0. The summed E-state index contributed by atoms with van der Waals surface area (Å²) in [5, 5.41) is 19.0. The van der Waals surface area contributed by atoms with E-state index in [0.29, 0.717) is 5.69 Å². The molecule has 1 amide bonds. The Balaban J connectivity index is 1.91. The van der Waals surface area contributed by atoms with E-state index in [1.54, 1.807) is 0 Å². The summed E-state index contributed by atoms with van der Waals surface area (Å²) in [6, 6.07) is 0. The van der Waals surface area contributed by atoms with Gasteiger partial charge in [0.2, 0.25) is 0 Å². The van der Waals surface area contributed by atoms with Gasteiger partial charge in [-0.3, -0.25) is 9.89 Å². The second-order valence-electron chi connectivity index (χ2n) is 4.20. The van der Waals surface area contributed by atoms with Gasteiger partial charge in [-0.2, -0.15) is 5.10 Å². The Hall–Kier alpha value is -1.40. The Morgan fingerprint density at radius 1 is 1.65 bits per heavy atom. The molecule has 0 aromatic carbocycles. The molecule has 1 aliphatic carbocycles. The van der Waals surface area contributed by atoms with Gasteiger partial charge in [-0.1, -0.05) is 0 Å². The van der Waals surface area contributed by atoms with Crippen molar-refractivity contribution in [1.29, 1.82) is 0 Å². The van der Waals surface area contributed by atoms with Gasteiger partial charge in [0, 0.05) is 24.9 Å². The fourth-order valence-corrected chi connectivity index (χ4v) is 2.05. The van der Waals surface area contributed by atoms with E-state index in [1.807, 2.05) is 0 Å². The van der Waals surface area contributed by atoms with E-state index in [-0.39, 0.29) is 19.1 Å². The highest BCUT2D eigenvalue weighted by molar-refractivity contribution is 5.94. The van der Waals surface area contributed by atoms with E-state index < -0.39 is 6.10 Å². The number of fused-ring (bicyclic) bond motifs is 1. The van der Waals surface area contributed by atoms with Gasteiger partial charge in [0.15, 0.2) is 5.69 Å². The number of ether oxygens (including phenoxy) is 1. The number of aromatic amines is 1. The lowest BCUT2D eigenvalue weighted by atomic mass is 10.2. The van der Waals surface area contributed by atoms with E-state index in [9.17, 15) is 9.90 Å². The molecule has 1 aliphatic rings. The lowest BCUT2D eigenvalue weighted by Crippen LogP contribution is -2.34. The molecule has 17 heavy (non-hydrogen) atoms. The van der Waals surface area contributed by atoms with E-state index in [2.05, 4.69) is 15.5 Å². The van der Waals surface area contributed by atoms with Crippen molar-refractivity contribution >= 4 is 5.91 Å². The number of aliphatic hydroxyl groups is 1. The molecule has 1 unspecified atom stereocenters. The molecule has 1 atom stereocenters. The maximum atomic E-state index is 11.8. The van der Waals surface area contributed by atoms with Crippen LogP contribution in [-0.2, 0) is 17.6 Å². The molecule has 0 saturated heterocycles. The summed E-state index contributed by atoms with van der Waals surface area (Å²) in [7, 11) is 1.51. The predicted octanol–water partition coefficient (Wildman–Crippen LogP) is -0.365. The number of carbonyl (C=O) groups excluding carboxylic acids is 1. The van der Waals surface area contributed by atoms with Crippen LogP contribution in [0.15, 0.2) is 0 Å². The first-order chi connectivity index (χ1) is 8.22. The van der Waals surface area contributed by atoms with Crippen molar-refractivity contribution in [2.24, 2.45) is 0 Å². The van der Waals surface area contributed by atoms with Gasteiger partial charge < -0.3 is 15.2 Å². The lowest BCUT2D eigenvalue weighted by Gasteiger charge is -2.10. The summed E-state index contributed by atoms with van der Waals surface area (Å²) in [5.41, 5.74) is 2.54. The molecule has 0 radical (unpaired) electrons. The highest BCUT2D eigenvalue weighted by atomic mass is 16.5. The fraction of sp³-hybridized carbons (Fsp3) is 0.636. The zero-order valence-electron chi connectivity index (χ0n) is 9.82. The second kappa shape index (κ2) is 5.29. The number of aryl methyl sites for hydroxylation is 1. The van der Waals surface area contributed by atoms with E-state index in [1.165, 1.54) is 7.11 Å². The number of nitrogens with zero attached hydrogens (tertiary/aromatic N) is 1. The van der Waals surface area contributed by atoms with Gasteiger partial charge in [-0.15, -0.1) is 0 Å². The molecule has 0 fully saturated rings. The Bertz CT molecular complexity index is 403. The second-order valence-corrected chi connectivity index (χ2v) is 4.20. The summed E-state index contributed by atoms with van der Waals surface area (Å²) in [6.07, 6.45) is 2.24. The molecular formula is C11H17N3O3. The third kappa shape index (κ3) is 2.65.